The third kappa shape index (κ3) is 4.03. The maximum Gasteiger partial charge on any atom is 0.319 e. The van der Waals surface area contributed by atoms with Crippen LogP contribution in [-0.4, -0.2) is 85.0 Å². The summed E-state index contributed by atoms with van der Waals surface area (Å²) in [5.41, 5.74) is 0. The van der Waals surface area contributed by atoms with Crippen molar-refractivity contribution >= 4 is 22.0 Å². The maximum absolute atomic E-state index is 12.7. The summed E-state index contributed by atoms with van der Waals surface area (Å²) in [7, 11) is -3.37. The molecule has 3 fully saturated rings. The van der Waals surface area contributed by atoms with E-state index in [9.17, 15) is 18.0 Å². The van der Waals surface area contributed by atoms with Crippen LogP contribution in [-0.2, 0) is 14.8 Å². The summed E-state index contributed by atoms with van der Waals surface area (Å²) in [5.74, 6) is -0.281. The summed E-state index contributed by atoms with van der Waals surface area (Å²) in [6, 6.07) is -0.0901. The first-order chi connectivity index (χ1) is 12.4. The van der Waals surface area contributed by atoms with Crippen molar-refractivity contribution in [3.05, 3.63) is 12.7 Å². The van der Waals surface area contributed by atoms with Crippen molar-refractivity contribution in [3.8, 4) is 0 Å². The highest BCUT2D eigenvalue weighted by Gasteiger charge is 2.42. The van der Waals surface area contributed by atoms with Crippen molar-refractivity contribution in [2.75, 3.05) is 39.3 Å². The van der Waals surface area contributed by atoms with Gasteiger partial charge in [-0.25, -0.2) is 13.2 Å². The Balaban J connectivity index is 1.47. The third-order valence-electron chi connectivity index (χ3n) is 5.50. The minimum atomic E-state index is -3.37. The second-order valence-corrected chi connectivity index (χ2v) is 9.50. The van der Waals surface area contributed by atoms with Crippen molar-refractivity contribution < 1.29 is 18.0 Å². The van der Waals surface area contributed by atoms with Gasteiger partial charge in [-0.1, -0.05) is 6.58 Å². The Bertz CT molecular complexity index is 646. The molecule has 0 radical (unpaired) electrons. The van der Waals surface area contributed by atoms with Gasteiger partial charge in [-0.15, -0.1) is 0 Å². The number of sulfonamides is 1. The zero-order valence-electron chi connectivity index (χ0n) is 15.1. The Morgan fingerprint density at radius 2 is 1.54 bits per heavy atom. The largest absolute Gasteiger partial charge is 0.347 e. The zero-order chi connectivity index (χ0) is 18.7. The summed E-state index contributed by atoms with van der Waals surface area (Å²) >= 11 is 0. The fourth-order valence-electron chi connectivity index (χ4n) is 3.84. The molecule has 0 spiro atoms. The van der Waals surface area contributed by atoms with Crippen molar-refractivity contribution in [1.29, 1.82) is 0 Å². The number of rotatable bonds is 4. The van der Waals surface area contributed by atoms with Crippen LogP contribution in [0.4, 0.5) is 4.79 Å². The molecule has 3 aliphatic rings. The summed E-state index contributed by atoms with van der Waals surface area (Å²) in [6.07, 6.45) is 5.41. The first-order valence-electron chi connectivity index (χ1n) is 9.37. The van der Waals surface area contributed by atoms with Gasteiger partial charge in [-0.05, 0) is 38.2 Å². The summed E-state index contributed by atoms with van der Waals surface area (Å²) in [4.78, 5) is 27.5. The Morgan fingerprint density at radius 3 is 2.12 bits per heavy atom. The number of carbonyl (C=O) groups excluding carboxylic acids is 2. The van der Waals surface area contributed by atoms with Gasteiger partial charge in [0.2, 0.25) is 15.9 Å². The van der Waals surface area contributed by atoms with E-state index in [-0.39, 0.29) is 18.0 Å². The Hall–Kier alpha value is -1.61. The number of nitrogens with zero attached hydrogens (tertiary/aromatic N) is 3. The van der Waals surface area contributed by atoms with Gasteiger partial charge in [0.15, 0.2) is 0 Å². The molecule has 3 heterocycles. The molecule has 0 aliphatic carbocycles. The Kier molecular flexibility index (Phi) is 5.86. The van der Waals surface area contributed by atoms with Crippen LogP contribution < -0.4 is 5.32 Å². The lowest BCUT2D eigenvalue weighted by molar-refractivity contribution is -0.117. The minimum absolute atomic E-state index is 0.0525. The van der Waals surface area contributed by atoms with E-state index in [1.165, 1.54) is 16.8 Å². The van der Waals surface area contributed by atoms with E-state index in [1.54, 1.807) is 4.90 Å². The van der Waals surface area contributed by atoms with Crippen LogP contribution in [0.15, 0.2) is 12.7 Å². The first-order valence-corrected chi connectivity index (χ1v) is 10.9. The number of amides is 3. The molecule has 0 aromatic heterocycles. The predicted molar refractivity (Wildman–Crippen MR) is 98.0 cm³/mol. The fraction of sp³-hybridized carbons (Fsp3) is 0.765. The Morgan fingerprint density at radius 1 is 0.962 bits per heavy atom. The normalized spacial score (nSPS) is 23.4. The quantitative estimate of drug-likeness (QED) is 0.709. The van der Waals surface area contributed by atoms with E-state index in [1.807, 2.05) is 4.90 Å². The number of carbonyl (C=O) groups is 2. The lowest BCUT2D eigenvalue weighted by Gasteiger charge is -2.42. The zero-order valence-corrected chi connectivity index (χ0v) is 15.9. The highest BCUT2D eigenvalue weighted by Crippen LogP contribution is 2.26. The van der Waals surface area contributed by atoms with E-state index in [2.05, 4.69) is 11.9 Å². The molecule has 0 saturated carbocycles. The van der Waals surface area contributed by atoms with E-state index >= 15 is 0 Å². The van der Waals surface area contributed by atoms with E-state index < -0.39 is 15.3 Å². The molecule has 3 saturated heterocycles. The van der Waals surface area contributed by atoms with Gasteiger partial charge in [0.05, 0.1) is 11.3 Å². The van der Waals surface area contributed by atoms with Crippen molar-refractivity contribution in [3.63, 3.8) is 0 Å². The molecule has 0 aromatic rings. The molecule has 0 unspecified atom stereocenters. The second kappa shape index (κ2) is 7.96. The number of urea groups is 1. The van der Waals surface area contributed by atoms with E-state index in [0.29, 0.717) is 39.0 Å². The molecular formula is C17H28N4O4S. The summed E-state index contributed by atoms with van der Waals surface area (Å²) < 4.78 is 26.9. The average molecular weight is 385 g/mol. The van der Waals surface area contributed by atoms with Crippen LogP contribution in [0.3, 0.4) is 0 Å². The number of hydrogen-bond acceptors (Lipinski definition) is 4. The maximum atomic E-state index is 12.7. The van der Waals surface area contributed by atoms with Gasteiger partial charge in [0, 0.05) is 39.3 Å². The summed E-state index contributed by atoms with van der Waals surface area (Å²) in [6.45, 7) is 6.61. The van der Waals surface area contributed by atoms with Gasteiger partial charge in [0.1, 0.15) is 0 Å². The van der Waals surface area contributed by atoms with E-state index in [4.69, 9.17) is 0 Å². The highest BCUT2D eigenvalue weighted by atomic mass is 32.2. The molecule has 0 bridgehead atoms. The van der Waals surface area contributed by atoms with Crippen LogP contribution in [0.1, 0.15) is 32.1 Å². The van der Waals surface area contributed by atoms with Gasteiger partial charge in [0.25, 0.3) is 0 Å². The molecule has 26 heavy (non-hydrogen) atoms. The number of nitrogens with one attached hydrogen (secondary N) is 1. The smallest absolute Gasteiger partial charge is 0.319 e. The molecule has 3 aliphatic heterocycles. The van der Waals surface area contributed by atoms with Crippen LogP contribution in [0, 0.1) is 0 Å². The van der Waals surface area contributed by atoms with Crippen LogP contribution in [0.25, 0.3) is 0 Å². The highest BCUT2D eigenvalue weighted by molar-refractivity contribution is 7.89. The van der Waals surface area contributed by atoms with Gasteiger partial charge >= 0.3 is 6.03 Å². The van der Waals surface area contributed by atoms with Crippen molar-refractivity contribution in [1.82, 2.24) is 19.4 Å². The fourth-order valence-corrected chi connectivity index (χ4v) is 5.84. The average Bonchev–Trinajstić information content (AvgIpc) is 2.64. The van der Waals surface area contributed by atoms with Gasteiger partial charge in [-0.2, -0.15) is 4.31 Å². The third-order valence-corrected chi connectivity index (χ3v) is 7.83. The molecule has 3 rings (SSSR count). The lowest BCUT2D eigenvalue weighted by Crippen LogP contribution is -2.62. The summed E-state index contributed by atoms with van der Waals surface area (Å²) in [5, 5.41) is 2.27. The van der Waals surface area contributed by atoms with Crippen LogP contribution in [0.5, 0.6) is 0 Å². The molecule has 3 amide bonds. The molecule has 1 N–H and O–H groups in total. The molecule has 9 heteroatoms. The molecule has 0 atom stereocenters. The molecule has 0 aromatic carbocycles. The topological polar surface area (TPSA) is 90.0 Å². The minimum Gasteiger partial charge on any atom is -0.347 e. The Labute approximate surface area is 155 Å². The second-order valence-electron chi connectivity index (χ2n) is 7.29. The number of piperidine rings is 2. The first kappa shape index (κ1) is 19.2. The van der Waals surface area contributed by atoms with Gasteiger partial charge in [-0.3, -0.25) is 4.79 Å². The van der Waals surface area contributed by atoms with Crippen LogP contribution >= 0.6 is 0 Å². The predicted octanol–water partition coefficient (Wildman–Crippen LogP) is 0.373. The number of likely N-dealkylation sites (tertiary alicyclic amines) is 2. The molecule has 8 nitrogen and oxygen atoms in total. The lowest BCUT2D eigenvalue weighted by atomic mass is 10.1. The standard InChI is InChI=1S/C17H28N4O4S/c1-2-16(22)18-14-12-21(13-14)26(24,25)15-6-10-20(11-7-15)17(23)19-8-4-3-5-9-19/h2,14-15H,1,3-13H2,(H,18,22). The molecular weight excluding hydrogens is 356 g/mol. The SMILES string of the molecule is C=CC(=O)NC1CN(S(=O)(=O)C2CCN(C(=O)N3CCCCC3)CC2)C1. The van der Waals surface area contributed by atoms with Crippen molar-refractivity contribution in [2.45, 2.75) is 43.4 Å². The van der Waals surface area contributed by atoms with Gasteiger partial charge < -0.3 is 15.1 Å². The van der Waals surface area contributed by atoms with Crippen molar-refractivity contribution in [2.24, 2.45) is 0 Å². The van der Waals surface area contributed by atoms with E-state index in [0.717, 1.165) is 25.9 Å². The number of hydrogen-bond donors (Lipinski definition) is 1. The monoisotopic (exact) mass is 384 g/mol. The molecule has 146 valence electrons. The van der Waals surface area contributed by atoms with Crippen LogP contribution in [0.2, 0.25) is 0 Å².